The normalized spacial score (nSPS) is 13.5. The Kier molecular flexibility index (Phi) is 3.59. The van der Waals surface area contributed by atoms with Crippen LogP contribution in [0.15, 0.2) is 36.4 Å². The number of benzene rings is 2. The maximum Gasteiger partial charge on any atom is 0.163 e. The second-order valence-electron chi connectivity index (χ2n) is 5.43. The van der Waals surface area contributed by atoms with Crippen molar-refractivity contribution in [2.24, 2.45) is 5.73 Å². The number of nitrogens with zero attached hydrogens (tertiary/aromatic N) is 2. The van der Waals surface area contributed by atoms with Crippen molar-refractivity contribution in [3.05, 3.63) is 52.8 Å². The molecular formula is C17H16ClN3O2. The summed E-state index contributed by atoms with van der Waals surface area (Å²) in [6, 6.07) is 11.7. The number of halogens is 1. The summed E-state index contributed by atoms with van der Waals surface area (Å²) in [4.78, 5) is 4.63. The number of hydrogen-bond acceptors (Lipinski definition) is 4. The number of nitrogens with two attached hydrogens (primary N) is 1. The smallest absolute Gasteiger partial charge is 0.163 e. The van der Waals surface area contributed by atoms with Crippen molar-refractivity contribution >= 4 is 22.6 Å². The molecule has 0 radical (unpaired) electrons. The van der Waals surface area contributed by atoms with Crippen LogP contribution in [0.3, 0.4) is 0 Å². The Morgan fingerprint density at radius 2 is 1.78 bits per heavy atom. The Balaban J connectivity index is 1.81. The van der Waals surface area contributed by atoms with Gasteiger partial charge in [0.25, 0.3) is 0 Å². The van der Waals surface area contributed by atoms with E-state index in [0.29, 0.717) is 26.3 Å². The van der Waals surface area contributed by atoms with Crippen LogP contribution >= 0.6 is 11.6 Å². The van der Waals surface area contributed by atoms with E-state index in [1.54, 1.807) is 0 Å². The Morgan fingerprint density at radius 1 is 1.09 bits per heavy atom. The predicted molar refractivity (Wildman–Crippen MR) is 89.2 cm³/mol. The molecule has 1 aliphatic heterocycles. The number of fused-ring (bicyclic) bond motifs is 2. The highest BCUT2D eigenvalue weighted by atomic mass is 35.5. The topological polar surface area (TPSA) is 62.3 Å². The third kappa shape index (κ3) is 2.62. The van der Waals surface area contributed by atoms with Crippen LogP contribution in [0, 0.1) is 0 Å². The first-order valence-corrected chi connectivity index (χ1v) is 7.85. The molecular weight excluding hydrogens is 314 g/mol. The van der Waals surface area contributed by atoms with Gasteiger partial charge in [0.05, 0.1) is 17.6 Å². The first kappa shape index (κ1) is 14.4. The summed E-state index contributed by atoms with van der Waals surface area (Å²) in [7, 11) is 0. The third-order valence-corrected chi connectivity index (χ3v) is 4.18. The second-order valence-corrected chi connectivity index (χ2v) is 5.87. The van der Waals surface area contributed by atoms with E-state index in [-0.39, 0.29) is 0 Å². The zero-order valence-corrected chi connectivity index (χ0v) is 13.2. The molecule has 0 atom stereocenters. The summed E-state index contributed by atoms with van der Waals surface area (Å²) in [6.45, 7) is 2.18. The second kappa shape index (κ2) is 5.76. The number of rotatable bonds is 3. The van der Waals surface area contributed by atoms with Crippen LogP contribution in [-0.4, -0.2) is 22.8 Å². The van der Waals surface area contributed by atoms with Gasteiger partial charge in [-0.05, 0) is 17.7 Å². The van der Waals surface area contributed by atoms with Gasteiger partial charge in [-0.1, -0.05) is 23.7 Å². The summed E-state index contributed by atoms with van der Waals surface area (Å²) in [5.41, 5.74) is 8.87. The standard InChI is InChI=1S/C17H16ClN3O2/c18-12-3-1-11(2-4-12)10-21-14-8-16-15(22-5-6-23-16)7-13(14)20-17(21)9-19/h1-4,7-8H,5-6,9-10,19H2. The van der Waals surface area contributed by atoms with Gasteiger partial charge in [0.1, 0.15) is 19.0 Å². The van der Waals surface area contributed by atoms with Gasteiger partial charge in [-0.3, -0.25) is 0 Å². The molecule has 3 aromatic rings. The van der Waals surface area contributed by atoms with Crippen molar-refractivity contribution in [2.45, 2.75) is 13.1 Å². The summed E-state index contributed by atoms with van der Waals surface area (Å²) < 4.78 is 13.4. The lowest BCUT2D eigenvalue weighted by atomic mass is 10.2. The fraction of sp³-hybridized carbons (Fsp3) is 0.235. The predicted octanol–water partition coefficient (Wildman–Crippen LogP) is 2.97. The molecule has 4 rings (SSSR count). The molecule has 2 N–H and O–H groups in total. The molecule has 2 heterocycles. The van der Waals surface area contributed by atoms with Crippen molar-refractivity contribution in [1.82, 2.24) is 9.55 Å². The minimum Gasteiger partial charge on any atom is -0.486 e. The van der Waals surface area contributed by atoms with Gasteiger partial charge >= 0.3 is 0 Å². The fourth-order valence-corrected chi connectivity index (χ4v) is 2.94. The highest BCUT2D eigenvalue weighted by Crippen LogP contribution is 2.35. The monoisotopic (exact) mass is 329 g/mol. The Hall–Kier alpha value is -2.24. The number of imidazole rings is 1. The van der Waals surface area contributed by atoms with Gasteiger partial charge in [-0.2, -0.15) is 0 Å². The molecule has 0 amide bonds. The molecule has 1 aromatic heterocycles. The third-order valence-electron chi connectivity index (χ3n) is 3.93. The molecule has 0 saturated heterocycles. The van der Waals surface area contributed by atoms with E-state index in [9.17, 15) is 0 Å². The van der Waals surface area contributed by atoms with Crippen LogP contribution in [0.25, 0.3) is 11.0 Å². The summed E-state index contributed by atoms with van der Waals surface area (Å²) in [5.74, 6) is 2.32. The zero-order valence-electron chi connectivity index (χ0n) is 12.5. The van der Waals surface area contributed by atoms with Crippen molar-refractivity contribution in [3.8, 4) is 11.5 Å². The van der Waals surface area contributed by atoms with Crippen LogP contribution in [-0.2, 0) is 13.1 Å². The molecule has 0 fully saturated rings. The molecule has 0 aliphatic carbocycles. The quantitative estimate of drug-likeness (QED) is 0.802. The zero-order chi connectivity index (χ0) is 15.8. The fourth-order valence-electron chi connectivity index (χ4n) is 2.82. The molecule has 1 aliphatic rings. The summed E-state index contributed by atoms with van der Waals surface area (Å²) in [5, 5.41) is 0.725. The SMILES string of the molecule is NCc1nc2cc3c(cc2n1Cc1ccc(Cl)cc1)OCCO3. The molecule has 0 saturated carbocycles. The first-order valence-electron chi connectivity index (χ1n) is 7.48. The molecule has 0 bridgehead atoms. The van der Waals surface area contributed by atoms with Crippen LogP contribution in [0.4, 0.5) is 0 Å². The van der Waals surface area contributed by atoms with Gasteiger partial charge in [0.2, 0.25) is 0 Å². The van der Waals surface area contributed by atoms with Crippen LogP contribution < -0.4 is 15.2 Å². The minimum absolute atomic E-state index is 0.370. The summed E-state index contributed by atoms with van der Waals surface area (Å²) >= 11 is 5.96. The lowest BCUT2D eigenvalue weighted by molar-refractivity contribution is 0.172. The number of aromatic nitrogens is 2. The summed E-state index contributed by atoms with van der Waals surface area (Å²) in [6.07, 6.45) is 0. The largest absolute Gasteiger partial charge is 0.486 e. The highest BCUT2D eigenvalue weighted by Gasteiger charge is 2.17. The van der Waals surface area contributed by atoms with Gasteiger partial charge in [-0.25, -0.2) is 4.98 Å². The molecule has 2 aromatic carbocycles. The number of hydrogen-bond donors (Lipinski definition) is 1. The van der Waals surface area contributed by atoms with E-state index in [2.05, 4.69) is 9.55 Å². The molecule has 6 heteroatoms. The lowest BCUT2D eigenvalue weighted by Crippen LogP contribution is -2.15. The molecule has 0 spiro atoms. The minimum atomic E-state index is 0.370. The van der Waals surface area contributed by atoms with Gasteiger partial charge in [0, 0.05) is 23.7 Å². The van der Waals surface area contributed by atoms with E-state index in [0.717, 1.165) is 38.9 Å². The number of ether oxygens (including phenoxy) is 2. The Morgan fingerprint density at radius 3 is 2.48 bits per heavy atom. The van der Waals surface area contributed by atoms with Gasteiger partial charge < -0.3 is 19.8 Å². The van der Waals surface area contributed by atoms with Crippen LogP contribution in [0.1, 0.15) is 11.4 Å². The Bertz CT molecular complexity index is 858. The van der Waals surface area contributed by atoms with E-state index in [4.69, 9.17) is 26.8 Å². The van der Waals surface area contributed by atoms with Gasteiger partial charge in [0.15, 0.2) is 11.5 Å². The van der Waals surface area contributed by atoms with Crippen LogP contribution in [0.2, 0.25) is 5.02 Å². The van der Waals surface area contributed by atoms with E-state index in [1.165, 1.54) is 0 Å². The van der Waals surface area contributed by atoms with E-state index in [1.807, 2.05) is 36.4 Å². The molecule has 0 unspecified atom stereocenters. The van der Waals surface area contributed by atoms with Gasteiger partial charge in [-0.15, -0.1) is 0 Å². The lowest BCUT2D eigenvalue weighted by Gasteiger charge is -2.18. The van der Waals surface area contributed by atoms with Crippen molar-refractivity contribution in [3.63, 3.8) is 0 Å². The average molecular weight is 330 g/mol. The maximum atomic E-state index is 5.96. The van der Waals surface area contributed by atoms with Crippen molar-refractivity contribution in [1.29, 1.82) is 0 Å². The average Bonchev–Trinajstić information content (AvgIpc) is 2.91. The van der Waals surface area contributed by atoms with E-state index < -0.39 is 0 Å². The Labute approximate surface area is 138 Å². The highest BCUT2D eigenvalue weighted by molar-refractivity contribution is 6.30. The first-order chi connectivity index (χ1) is 11.2. The molecule has 118 valence electrons. The maximum absolute atomic E-state index is 5.96. The van der Waals surface area contributed by atoms with E-state index >= 15 is 0 Å². The van der Waals surface area contributed by atoms with Crippen molar-refractivity contribution in [2.75, 3.05) is 13.2 Å². The molecule has 23 heavy (non-hydrogen) atoms. The van der Waals surface area contributed by atoms with Crippen LogP contribution in [0.5, 0.6) is 11.5 Å². The molecule has 5 nitrogen and oxygen atoms in total. The van der Waals surface area contributed by atoms with Crippen molar-refractivity contribution < 1.29 is 9.47 Å².